The quantitative estimate of drug-likeness (QED) is 0.755. The lowest BCUT2D eigenvalue weighted by molar-refractivity contribution is -0.149. The van der Waals surface area contributed by atoms with E-state index < -0.39 is 0 Å². The van der Waals surface area contributed by atoms with E-state index in [-0.39, 0.29) is 5.60 Å². The molecule has 1 aromatic rings. The first kappa shape index (κ1) is 12.5. The molecular weight excluding hydrogens is 244 g/mol. The van der Waals surface area contributed by atoms with Crippen LogP contribution in [0.4, 0.5) is 0 Å². The molecule has 0 N–H and O–H groups in total. The van der Waals surface area contributed by atoms with Gasteiger partial charge in [-0.2, -0.15) is 0 Å². The summed E-state index contributed by atoms with van der Waals surface area (Å²) < 4.78 is 6.68. The first-order valence-electron chi connectivity index (χ1n) is 8.10. The normalized spacial score (nSPS) is 41.6. The zero-order valence-corrected chi connectivity index (χ0v) is 12.3. The van der Waals surface area contributed by atoms with E-state index >= 15 is 0 Å². The fourth-order valence-electron chi connectivity index (χ4n) is 5.36. The van der Waals surface area contributed by atoms with Gasteiger partial charge in [-0.3, -0.25) is 0 Å². The van der Waals surface area contributed by atoms with E-state index in [4.69, 9.17) is 4.74 Å². The predicted octanol–water partition coefficient (Wildman–Crippen LogP) is 4.92. The smallest absolute Gasteiger partial charge is 0.127 e. The maximum atomic E-state index is 6.68. The molecular formula is C19H24O. The van der Waals surface area contributed by atoms with Gasteiger partial charge in [-0.15, -0.1) is 0 Å². The van der Waals surface area contributed by atoms with Crippen LogP contribution >= 0.6 is 0 Å². The van der Waals surface area contributed by atoms with Crippen LogP contribution in [0.3, 0.4) is 0 Å². The van der Waals surface area contributed by atoms with Crippen molar-refractivity contribution in [3.8, 4) is 5.75 Å². The van der Waals surface area contributed by atoms with Crippen LogP contribution < -0.4 is 4.74 Å². The summed E-state index contributed by atoms with van der Waals surface area (Å²) >= 11 is 0. The van der Waals surface area contributed by atoms with Crippen molar-refractivity contribution in [1.82, 2.24) is 0 Å². The Kier molecular flexibility index (Phi) is 2.73. The SMILES string of the molecule is C=Cc1ccccc1OC12CC3CC(CC(C3)C1C)C2. The van der Waals surface area contributed by atoms with Crippen molar-refractivity contribution in [2.45, 2.75) is 44.6 Å². The minimum Gasteiger partial charge on any atom is -0.486 e. The standard InChI is InChI=1S/C19H24O/c1-3-16-6-4-5-7-18(16)20-19-11-14-8-15(12-19)10-17(9-14)13(19)2/h3-7,13-15,17H,1,8-12H2,2H3. The van der Waals surface area contributed by atoms with Crippen LogP contribution in [0.15, 0.2) is 30.8 Å². The van der Waals surface area contributed by atoms with Gasteiger partial charge in [-0.1, -0.05) is 37.8 Å². The molecule has 4 saturated carbocycles. The molecule has 20 heavy (non-hydrogen) atoms. The Morgan fingerprint density at radius 3 is 2.55 bits per heavy atom. The van der Waals surface area contributed by atoms with Crippen LogP contribution in [-0.2, 0) is 0 Å². The lowest BCUT2D eigenvalue weighted by Gasteiger charge is -2.60. The van der Waals surface area contributed by atoms with Crippen molar-refractivity contribution in [3.05, 3.63) is 36.4 Å². The van der Waals surface area contributed by atoms with Gasteiger partial charge in [-0.05, 0) is 61.8 Å². The molecule has 0 aliphatic heterocycles. The second kappa shape index (κ2) is 4.38. The molecule has 0 aromatic heterocycles. The topological polar surface area (TPSA) is 9.23 Å². The molecule has 0 heterocycles. The summed E-state index contributed by atoms with van der Waals surface area (Å²) in [7, 11) is 0. The molecule has 3 unspecified atom stereocenters. The molecule has 3 atom stereocenters. The molecule has 1 heteroatoms. The number of ether oxygens (including phenoxy) is 1. The monoisotopic (exact) mass is 268 g/mol. The molecule has 0 amide bonds. The van der Waals surface area contributed by atoms with Crippen LogP contribution in [-0.4, -0.2) is 5.60 Å². The number of hydrogen-bond acceptors (Lipinski definition) is 1. The van der Waals surface area contributed by atoms with E-state index in [1.54, 1.807) is 0 Å². The summed E-state index contributed by atoms with van der Waals surface area (Å²) in [4.78, 5) is 0. The van der Waals surface area contributed by atoms with Crippen LogP contribution in [0.2, 0.25) is 0 Å². The highest BCUT2D eigenvalue weighted by Crippen LogP contribution is 2.59. The molecule has 106 valence electrons. The summed E-state index contributed by atoms with van der Waals surface area (Å²) in [5.41, 5.74) is 1.24. The first-order chi connectivity index (χ1) is 9.70. The van der Waals surface area contributed by atoms with Crippen molar-refractivity contribution >= 4 is 6.08 Å². The third-order valence-corrected chi connectivity index (χ3v) is 6.20. The second-order valence-electron chi connectivity index (χ2n) is 7.30. The van der Waals surface area contributed by atoms with Gasteiger partial charge in [-0.25, -0.2) is 0 Å². The minimum absolute atomic E-state index is 0.105. The average Bonchev–Trinajstić information content (AvgIpc) is 2.44. The van der Waals surface area contributed by atoms with Crippen molar-refractivity contribution < 1.29 is 4.74 Å². The highest BCUT2D eigenvalue weighted by atomic mass is 16.5. The number of benzene rings is 1. The van der Waals surface area contributed by atoms with Crippen molar-refractivity contribution in [2.24, 2.45) is 23.7 Å². The lowest BCUT2D eigenvalue weighted by Crippen LogP contribution is -2.59. The third kappa shape index (κ3) is 1.75. The summed E-state index contributed by atoms with van der Waals surface area (Å²) in [6, 6.07) is 8.36. The molecule has 1 aromatic carbocycles. The Bertz CT molecular complexity index is 518. The average molecular weight is 268 g/mol. The third-order valence-electron chi connectivity index (χ3n) is 6.20. The van der Waals surface area contributed by atoms with E-state index in [1.807, 2.05) is 6.08 Å². The minimum atomic E-state index is 0.105. The highest BCUT2D eigenvalue weighted by molar-refractivity contribution is 5.55. The molecule has 0 spiro atoms. The molecule has 0 saturated heterocycles. The zero-order chi connectivity index (χ0) is 13.7. The Labute approximate surface area is 122 Å². The largest absolute Gasteiger partial charge is 0.486 e. The second-order valence-corrected chi connectivity index (χ2v) is 7.30. The molecule has 4 aliphatic carbocycles. The maximum absolute atomic E-state index is 6.68. The van der Waals surface area contributed by atoms with Gasteiger partial charge in [0.25, 0.3) is 0 Å². The molecule has 4 aliphatic rings. The van der Waals surface area contributed by atoms with Crippen LogP contribution in [0.25, 0.3) is 6.08 Å². The summed E-state index contributed by atoms with van der Waals surface area (Å²) in [6.45, 7) is 6.35. The molecule has 1 nitrogen and oxygen atoms in total. The number of rotatable bonds is 3. The van der Waals surface area contributed by atoms with Crippen molar-refractivity contribution in [1.29, 1.82) is 0 Å². The van der Waals surface area contributed by atoms with Crippen molar-refractivity contribution in [2.75, 3.05) is 0 Å². The van der Waals surface area contributed by atoms with Gasteiger partial charge in [0.15, 0.2) is 0 Å². The Balaban J connectivity index is 1.68. The van der Waals surface area contributed by atoms with Gasteiger partial charge in [0.2, 0.25) is 0 Å². The maximum Gasteiger partial charge on any atom is 0.127 e. The van der Waals surface area contributed by atoms with Crippen molar-refractivity contribution in [3.63, 3.8) is 0 Å². The van der Waals surface area contributed by atoms with Crippen LogP contribution in [0.5, 0.6) is 5.75 Å². The van der Waals surface area contributed by atoms with Gasteiger partial charge in [0.05, 0.1) is 0 Å². The van der Waals surface area contributed by atoms with Gasteiger partial charge in [0, 0.05) is 5.56 Å². The van der Waals surface area contributed by atoms with E-state index in [0.29, 0.717) is 5.92 Å². The summed E-state index contributed by atoms with van der Waals surface area (Å²) in [5, 5.41) is 0. The number of hydrogen-bond donors (Lipinski definition) is 0. The van der Waals surface area contributed by atoms with E-state index in [9.17, 15) is 0 Å². The van der Waals surface area contributed by atoms with E-state index in [1.165, 1.54) is 32.1 Å². The summed E-state index contributed by atoms with van der Waals surface area (Å²) in [6.07, 6.45) is 8.81. The molecule has 0 radical (unpaired) electrons. The first-order valence-corrected chi connectivity index (χ1v) is 8.10. The zero-order valence-electron chi connectivity index (χ0n) is 12.3. The van der Waals surface area contributed by atoms with E-state index in [2.05, 4.69) is 37.8 Å². The Hall–Kier alpha value is -1.24. The van der Waals surface area contributed by atoms with E-state index in [0.717, 1.165) is 29.1 Å². The Morgan fingerprint density at radius 1 is 1.15 bits per heavy atom. The molecule has 4 bridgehead atoms. The van der Waals surface area contributed by atoms with Gasteiger partial charge in [0.1, 0.15) is 11.4 Å². The fraction of sp³-hybridized carbons (Fsp3) is 0.579. The molecule has 5 rings (SSSR count). The van der Waals surface area contributed by atoms with Gasteiger partial charge < -0.3 is 4.74 Å². The van der Waals surface area contributed by atoms with Crippen LogP contribution in [0.1, 0.15) is 44.6 Å². The summed E-state index contributed by atoms with van der Waals surface area (Å²) in [5.74, 6) is 4.47. The predicted molar refractivity (Wildman–Crippen MR) is 82.6 cm³/mol. The number of para-hydroxylation sites is 1. The lowest BCUT2D eigenvalue weighted by atomic mass is 9.50. The Morgan fingerprint density at radius 2 is 1.85 bits per heavy atom. The molecule has 4 fully saturated rings. The highest BCUT2D eigenvalue weighted by Gasteiger charge is 2.57. The van der Waals surface area contributed by atoms with Crippen LogP contribution in [0, 0.1) is 23.7 Å². The fourth-order valence-corrected chi connectivity index (χ4v) is 5.36. The van der Waals surface area contributed by atoms with Gasteiger partial charge >= 0.3 is 0 Å².